The first kappa shape index (κ1) is 17.6. The molecule has 0 atom stereocenters. The predicted molar refractivity (Wildman–Crippen MR) is 111 cm³/mol. The largest absolute Gasteiger partial charge is 0.507 e. The molecule has 7 nitrogen and oxygen atoms in total. The van der Waals surface area contributed by atoms with Crippen LogP contribution in [-0.4, -0.2) is 29.6 Å². The number of aromatic hydroxyl groups is 1. The molecule has 3 heterocycles. The summed E-state index contributed by atoms with van der Waals surface area (Å²) in [5.74, 6) is 0.962. The SMILES string of the molecule is Oc1ccccc1-c1ccc(CNc2ncnc3c2ncn3C2CCCC2)cn1. The van der Waals surface area contributed by atoms with Crippen molar-refractivity contribution in [3.8, 4) is 17.0 Å². The van der Waals surface area contributed by atoms with Crippen LogP contribution in [0.1, 0.15) is 37.3 Å². The number of nitrogens with zero attached hydrogens (tertiary/aromatic N) is 5. The van der Waals surface area contributed by atoms with Gasteiger partial charge < -0.3 is 15.0 Å². The predicted octanol–water partition coefficient (Wildman–Crippen LogP) is 4.32. The summed E-state index contributed by atoms with van der Waals surface area (Å²) in [5, 5.41) is 13.4. The van der Waals surface area contributed by atoms with Crippen molar-refractivity contribution >= 4 is 17.0 Å². The maximum Gasteiger partial charge on any atom is 0.165 e. The standard InChI is InChI=1S/C22H22N6O/c29-19-8-4-3-7-17(19)18-10-9-15(11-23-18)12-24-21-20-22(26-13-25-21)28(14-27-20)16-5-1-2-6-16/h3-4,7-11,13-14,16,29H,1-2,5-6,12H2,(H,24,25,26). The van der Waals surface area contributed by atoms with E-state index in [0.29, 0.717) is 12.6 Å². The highest BCUT2D eigenvalue weighted by Gasteiger charge is 2.20. The monoisotopic (exact) mass is 386 g/mol. The number of imidazole rings is 1. The minimum atomic E-state index is 0.229. The molecular weight excluding hydrogens is 364 g/mol. The van der Waals surface area contributed by atoms with Crippen molar-refractivity contribution in [1.29, 1.82) is 0 Å². The lowest BCUT2D eigenvalue weighted by molar-refractivity contribution is 0.477. The topological polar surface area (TPSA) is 88.8 Å². The highest BCUT2D eigenvalue weighted by molar-refractivity contribution is 5.82. The van der Waals surface area contributed by atoms with Crippen LogP contribution in [0.25, 0.3) is 22.4 Å². The van der Waals surface area contributed by atoms with Gasteiger partial charge in [0.1, 0.15) is 17.6 Å². The Morgan fingerprint density at radius 1 is 1.00 bits per heavy atom. The molecule has 0 unspecified atom stereocenters. The molecule has 1 aromatic carbocycles. The lowest BCUT2D eigenvalue weighted by Crippen LogP contribution is -2.06. The van der Waals surface area contributed by atoms with Gasteiger partial charge in [-0.1, -0.05) is 31.0 Å². The van der Waals surface area contributed by atoms with Gasteiger partial charge in [-0.15, -0.1) is 0 Å². The Kier molecular flexibility index (Phi) is 4.56. The molecule has 4 aromatic rings. The second-order valence-electron chi connectivity index (χ2n) is 7.41. The van der Waals surface area contributed by atoms with Crippen LogP contribution in [0.5, 0.6) is 5.75 Å². The number of rotatable bonds is 5. The number of benzene rings is 1. The Balaban J connectivity index is 1.34. The second-order valence-corrected chi connectivity index (χ2v) is 7.41. The summed E-state index contributed by atoms with van der Waals surface area (Å²) >= 11 is 0. The smallest absolute Gasteiger partial charge is 0.165 e. The van der Waals surface area contributed by atoms with E-state index in [0.717, 1.165) is 33.8 Å². The summed E-state index contributed by atoms with van der Waals surface area (Å²) in [6.07, 6.45) is 10.2. The summed E-state index contributed by atoms with van der Waals surface area (Å²) in [7, 11) is 0. The fourth-order valence-electron chi connectivity index (χ4n) is 4.00. The van der Waals surface area contributed by atoms with Crippen molar-refractivity contribution in [2.75, 3.05) is 5.32 Å². The van der Waals surface area contributed by atoms with Gasteiger partial charge in [0.2, 0.25) is 0 Å². The third-order valence-corrected chi connectivity index (χ3v) is 5.54. The van der Waals surface area contributed by atoms with Gasteiger partial charge in [-0.2, -0.15) is 0 Å². The molecule has 5 rings (SSSR count). The van der Waals surface area contributed by atoms with E-state index in [-0.39, 0.29) is 5.75 Å². The van der Waals surface area contributed by atoms with Gasteiger partial charge in [-0.3, -0.25) is 4.98 Å². The molecule has 0 aliphatic heterocycles. The van der Waals surface area contributed by atoms with Gasteiger partial charge in [0.05, 0.1) is 12.0 Å². The van der Waals surface area contributed by atoms with Crippen LogP contribution in [0.3, 0.4) is 0 Å². The molecule has 29 heavy (non-hydrogen) atoms. The van der Waals surface area contributed by atoms with E-state index in [2.05, 4.69) is 29.8 Å². The maximum absolute atomic E-state index is 9.99. The van der Waals surface area contributed by atoms with Gasteiger partial charge >= 0.3 is 0 Å². The third-order valence-electron chi connectivity index (χ3n) is 5.54. The number of aromatic nitrogens is 5. The first-order valence-electron chi connectivity index (χ1n) is 9.94. The van der Waals surface area contributed by atoms with Crippen molar-refractivity contribution in [1.82, 2.24) is 24.5 Å². The number of pyridine rings is 1. The average Bonchev–Trinajstić information content (AvgIpc) is 3.43. The number of anilines is 1. The zero-order chi connectivity index (χ0) is 19.6. The molecule has 2 N–H and O–H groups in total. The van der Waals surface area contributed by atoms with Crippen LogP contribution in [0, 0.1) is 0 Å². The fraction of sp³-hybridized carbons (Fsp3) is 0.273. The van der Waals surface area contributed by atoms with E-state index in [1.54, 1.807) is 18.5 Å². The molecule has 0 spiro atoms. The van der Waals surface area contributed by atoms with E-state index >= 15 is 0 Å². The van der Waals surface area contributed by atoms with E-state index in [1.807, 2.05) is 36.8 Å². The van der Waals surface area contributed by atoms with Crippen molar-refractivity contribution < 1.29 is 5.11 Å². The lowest BCUT2D eigenvalue weighted by Gasteiger charge is -2.11. The van der Waals surface area contributed by atoms with E-state index in [1.165, 1.54) is 25.7 Å². The molecule has 1 aliphatic rings. The highest BCUT2D eigenvalue weighted by Crippen LogP contribution is 2.32. The molecule has 1 saturated carbocycles. The number of hydrogen-bond acceptors (Lipinski definition) is 6. The zero-order valence-corrected chi connectivity index (χ0v) is 16.0. The fourth-order valence-corrected chi connectivity index (χ4v) is 4.00. The van der Waals surface area contributed by atoms with Gasteiger partial charge in [-0.25, -0.2) is 15.0 Å². The van der Waals surface area contributed by atoms with Gasteiger partial charge in [0, 0.05) is 24.3 Å². The Morgan fingerprint density at radius 3 is 2.66 bits per heavy atom. The van der Waals surface area contributed by atoms with E-state index < -0.39 is 0 Å². The molecule has 1 fully saturated rings. The van der Waals surface area contributed by atoms with Gasteiger partial charge in [-0.05, 0) is 36.6 Å². The number of phenols is 1. The average molecular weight is 386 g/mol. The van der Waals surface area contributed by atoms with E-state index in [9.17, 15) is 5.11 Å². The maximum atomic E-state index is 9.99. The minimum absolute atomic E-state index is 0.229. The summed E-state index contributed by atoms with van der Waals surface area (Å²) in [6, 6.07) is 11.6. The zero-order valence-electron chi connectivity index (χ0n) is 16.0. The summed E-state index contributed by atoms with van der Waals surface area (Å²) in [4.78, 5) is 17.9. The van der Waals surface area contributed by atoms with Crippen LogP contribution in [0.2, 0.25) is 0 Å². The highest BCUT2D eigenvalue weighted by atomic mass is 16.3. The summed E-state index contributed by atoms with van der Waals surface area (Å²) in [5.41, 5.74) is 4.18. The summed E-state index contributed by atoms with van der Waals surface area (Å²) < 4.78 is 2.19. The minimum Gasteiger partial charge on any atom is -0.507 e. The number of fused-ring (bicyclic) bond motifs is 1. The van der Waals surface area contributed by atoms with E-state index in [4.69, 9.17) is 0 Å². The third kappa shape index (κ3) is 3.40. The number of phenolic OH excluding ortho intramolecular Hbond substituents is 1. The molecule has 146 valence electrons. The van der Waals surface area contributed by atoms with Crippen molar-refractivity contribution in [3.63, 3.8) is 0 Å². The molecule has 0 bridgehead atoms. The Morgan fingerprint density at radius 2 is 1.86 bits per heavy atom. The molecule has 1 aliphatic carbocycles. The lowest BCUT2D eigenvalue weighted by atomic mass is 10.1. The molecule has 3 aromatic heterocycles. The van der Waals surface area contributed by atoms with Crippen molar-refractivity contribution in [3.05, 3.63) is 60.8 Å². The first-order valence-corrected chi connectivity index (χ1v) is 9.94. The quantitative estimate of drug-likeness (QED) is 0.531. The molecular formula is C22H22N6O. The first-order chi connectivity index (χ1) is 14.3. The van der Waals surface area contributed by atoms with Gasteiger partial charge in [0.25, 0.3) is 0 Å². The van der Waals surface area contributed by atoms with Crippen molar-refractivity contribution in [2.24, 2.45) is 0 Å². The number of para-hydroxylation sites is 1. The molecule has 0 radical (unpaired) electrons. The second kappa shape index (κ2) is 7.50. The number of hydrogen-bond donors (Lipinski definition) is 2. The Bertz CT molecular complexity index is 1130. The van der Waals surface area contributed by atoms with Crippen LogP contribution in [0.4, 0.5) is 5.82 Å². The Labute approximate surface area is 168 Å². The number of nitrogens with one attached hydrogen (secondary N) is 1. The normalized spacial score (nSPS) is 14.5. The van der Waals surface area contributed by atoms with Crippen LogP contribution in [0.15, 0.2) is 55.2 Å². The van der Waals surface area contributed by atoms with Crippen LogP contribution >= 0.6 is 0 Å². The van der Waals surface area contributed by atoms with Crippen LogP contribution < -0.4 is 5.32 Å². The molecule has 7 heteroatoms. The summed E-state index contributed by atoms with van der Waals surface area (Å²) in [6.45, 7) is 0.580. The van der Waals surface area contributed by atoms with Crippen molar-refractivity contribution in [2.45, 2.75) is 38.3 Å². The van der Waals surface area contributed by atoms with Crippen LogP contribution in [-0.2, 0) is 6.54 Å². The Hall–Kier alpha value is -3.48. The van der Waals surface area contributed by atoms with Gasteiger partial charge in [0.15, 0.2) is 11.5 Å². The molecule has 0 amide bonds. The molecule has 0 saturated heterocycles.